The SMILES string of the molecule is COc1cccc(OC)c1C(c1cccc(Br)c1)N1CCCNCC1. The minimum atomic E-state index is 0.0866. The molecule has 0 aliphatic carbocycles. The predicted octanol–water partition coefficient (Wildman–Crippen LogP) is 3.85. The lowest BCUT2D eigenvalue weighted by Gasteiger charge is -2.33. The highest BCUT2D eigenvalue weighted by Gasteiger charge is 2.29. The summed E-state index contributed by atoms with van der Waals surface area (Å²) in [7, 11) is 3.44. The summed E-state index contributed by atoms with van der Waals surface area (Å²) in [5.74, 6) is 1.73. The monoisotopic (exact) mass is 404 g/mol. The molecule has 1 saturated heterocycles. The summed E-state index contributed by atoms with van der Waals surface area (Å²) in [6, 6.07) is 14.6. The predicted molar refractivity (Wildman–Crippen MR) is 105 cm³/mol. The Kier molecular flexibility index (Phi) is 6.34. The van der Waals surface area contributed by atoms with Crippen LogP contribution >= 0.6 is 15.9 Å². The van der Waals surface area contributed by atoms with E-state index in [0.29, 0.717) is 0 Å². The van der Waals surface area contributed by atoms with Gasteiger partial charge in [-0.25, -0.2) is 0 Å². The summed E-state index contributed by atoms with van der Waals surface area (Å²) in [5.41, 5.74) is 2.33. The summed E-state index contributed by atoms with van der Waals surface area (Å²) < 4.78 is 12.5. The quantitative estimate of drug-likeness (QED) is 0.820. The van der Waals surface area contributed by atoms with Crippen LogP contribution in [0.15, 0.2) is 46.9 Å². The first-order valence-electron chi connectivity index (χ1n) is 8.65. The first-order chi connectivity index (χ1) is 12.2. The van der Waals surface area contributed by atoms with E-state index < -0.39 is 0 Å². The van der Waals surface area contributed by atoms with E-state index in [1.807, 2.05) is 18.2 Å². The van der Waals surface area contributed by atoms with Crippen molar-refractivity contribution in [3.63, 3.8) is 0 Å². The molecule has 0 saturated carbocycles. The van der Waals surface area contributed by atoms with Gasteiger partial charge >= 0.3 is 0 Å². The van der Waals surface area contributed by atoms with Gasteiger partial charge < -0.3 is 14.8 Å². The summed E-state index contributed by atoms with van der Waals surface area (Å²) in [4.78, 5) is 2.52. The van der Waals surface area contributed by atoms with Crippen LogP contribution in [0.25, 0.3) is 0 Å². The normalized spacial score (nSPS) is 16.9. The number of halogens is 1. The van der Waals surface area contributed by atoms with Crippen molar-refractivity contribution >= 4 is 15.9 Å². The number of methoxy groups -OCH3 is 2. The average Bonchev–Trinajstić information content (AvgIpc) is 2.91. The number of ether oxygens (including phenoxy) is 2. The molecule has 0 amide bonds. The molecule has 2 aromatic carbocycles. The highest BCUT2D eigenvalue weighted by molar-refractivity contribution is 9.10. The molecule has 4 nitrogen and oxygen atoms in total. The number of rotatable bonds is 5. The van der Waals surface area contributed by atoms with Crippen LogP contribution in [0, 0.1) is 0 Å². The van der Waals surface area contributed by atoms with Crippen LogP contribution in [0.5, 0.6) is 11.5 Å². The third-order valence-corrected chi connectivity index (χ3v) is 5.14. The fraction of sp³-hybridized carbons (Fsp3) is 0.400. The maximum atomic E-state index is 5.71. The number of nitrogens with zero attached hydrogens (tertiary/aromatic N) is 1. The van der Waals surface area contributed by atoms with Crippen LogP contribution in [-0.2, 0) is 0 Å². The molecule has 134 valence electrons. The molecule has 3 rings (SSSR count). The Morgan fingerprint density at radius 1 is 1.00 bits per heavy atom. The summed E-state index contributed by atoms with van der Waals surface area (Å²) in [6.07, 6.45) is 1.13. The number of hydrogen-bond acceptors (Lipinski definition) is 4. The molecule has 1 heterocycles. The van der Waals surface area contributed by atoms with E-state index in [1.165, 1.54) is 5.56 Å². The van der Waals surface area contributed by atoms with Gasteiger partial charge in [-0.05, 0) is 42.8 Å². The van der Waals surface area contributed by atoms with Gasteiger partial charge in [-0.1, -0.05) is 34.1 Å². The third-order valence-electron chi connectivity index (χ3n) is 4.64. The van der Waals surface area contributed by atoms with Crippen LogP contribution in [0.1, 0.15) is 23.6 Å². The highest BCUT2D eigenvalue weighted by atomic mass is 79.9. The smallest absolute Gasteiger partial charge is 0.127 e. The molecule has 5 heteroatoms. The fourth-order valence-electron chi connectivity index (χ4n) is 3.51. The average molecular weight is 405 g/mol. The van der Waals surface area contributed by atoms with Gasteiger partial charge in [0, 0.05) is 24.1 Å². The van der Waals surface area contributed by atoms with E-state index in [9.17, 15) is 0 Å². The first-order valence-corrected chi connectivity index (χ1v) is 9.45. The standard InChI is InChI=1S/C20H25BrN2O2/c1-24-17-8-4-9-18(25-2)19(17)20(15-6-3-7-16(21)14-15)23-12-5-10-22-11-13-23/h3-4,6-9,14,20,22H,5,10-13H2,1-2H3. The first kappa shape index (κ1) is 18.2. The summed E-state index contributed by atoms with van der Waals surface area (Å²) in [6.45, 7) is 4.07. The Morgan fingerprint density at radius 2 is 1.72 bits per heavy atom. The summed E-state index contributed by atoms with van der Waals surface area (Å²) >= 11 is 3.62. The molecule has 1 aliphatic rings. The van der Waals surface area contributed by atoms with Gasteiger partial charge in [-0.3, -0.25) is 4.90 Å². The maximum absolute atomic E-state index is 5.71. The molecule has 1 N–H and O–H groups in total. The Morgan fingerprint density at radius 3 is 2.40 bits per heavy atom. The molecular weight excluding hydrogens is 380 g/mol. The zero-order valence-electron chi connectivity index (χ0n) is 14.8. The maximum Gasteiger partial charge on any atom is 0.127 e. The van der Waals surface area contributed by atoms with Gasteiger partial charge in [0.05, 0.1) is 25.8 Å². The van der Waals surface area contributed by atoms with E-state index >= 15 is 0 Å². The van der Waals surface area contributed by atoms with Gasteiger partial charge in [-0.15, -0.1) is 0 Å². The Hall–Kier alpha value is -1.56. The molecule has 1 atom stereocenters. The molecule has 0 radical (unpaired) electrons. The number of benzene rings is 2. The molecule has 25 heavy (non-hydrogen) atoms. The van der Waals surface area contributed by atoms with Crippen LogP contribution in [0.3, 0.4) is 0 Å². The van der Waals surface area contributed by atoms with Crippen LogP contribution in [0.2, 0.25) is 0 Å². The second kappa shape index (κ2) is 8.70. The van der Waals surface area contributed by atoms with Crippen molar-refractivity contribution in [2.75, 3.05) is 40.4 Å². The van der Waals surface area contributed by atoms with Gasteiger partial charge in [0.1, 0.15) is 11.5 Å². The van der Waals surface area contributed by atoms with E-state index in [2.05, 4.69) is 50.4 Å². The topological polar surface area (TPSA) is 33.7 Å². The van der Waals surface area contributed by atoms with Crippen molar-refractivity contribution in [2.24, 2.45) is 0 Å². The second-order valence-electron chi connectivity index (χ2n) is 6.17. The fourth-order valence-corrected chi connectivity index (χ4v) is 3.93. The van der Waals surface area contributed by atoms with Crippen molar-refractivity contribution in [3.05, 3.63) is 58.1 Å². The van der Waals surface area contributed by atoms with Crippen LogP contribution in [0.4, 0.5) is 0 Å². The molecule has 2 aromatic rings. The van der Waals surface area contributed by atoms with Gasteiger partial charge in [0.25, 0.3) is 0 Å². The highest BCUT2D eigenvalue weighted by Crippen LogP contribution is 2.41. The van der Waals surface area contributed by atoms with Gasteiger partial charge in [0.15, 0.2) is 0 Å². The molecule has 1 fully saturated rings. The molecule has 1 aliphatic heterocycles. The van der Waals surface area contributed by atoms with Crippen molar-refractivity contribution in [2.45, 2.75) is 12.5 Å². The van der Waals surface area contributed by atoms with Crippen LogP contribution in [-0.4, -0.2) is 45.3 Å². The molecule has 0 aromatic heterocycles. The van der Waals surface area contributed by atoms with Gasteiger partial charge in [0.2, 0.25) is 0 Å². The minimum absolute atomic E-state index is 0.0866. The number of hydrogen-bond donors (Lipinski definition) is 1. The Labute approximate surface area is 158 Å². The number of nitrogens with one attached hydrogen (secondary N) is 1. The summed E-state index contributed by atoms with van der Waals surface area (Å²) in [5, 5.41) is 3.49. The van der Waals surface area contributed by atoms with Gasteiger partial charge in [-0.2, -0.15) is 0 Å². The Bertz CT molecular complexity index is 678. The lowest BCUT2D eigenvalue weighted by Crippen LogP contribution is -2.33. The molecule has 1 unspecified atom stereocenters. The van der Waals surface area contributed by atoms with E-state index in [1.54, 1.807) is 14.2 Å². The lowest BCUT2D eigenvalue weighted by atomic mass is 9.95. The molecule has 0 spiro atoms. The second-order valence-corrected chi connectivity index (χ2v) is 7.09. The largest absolute Gasteiger partial charge is 0.496 e. The van der Waals surface area contributed by atoms with Crippen molar-refractivity contribution in [1.82, 2.24) is 10.2 Å². The van der Waals surface area contributed by atoms with E-state index in [0.717, 1.165) is 54.1 Å². The zero-order valence-corrected chi connectivity index (χ0v) is 16.4. The van der Waals surface area contributed by atoms with E-state index in [-0.39, 0.29) is 6.04 Å². The van der Waals surface area contributed by atoms with Crippen molar-refractivity contribution in [3.8, 4) is 11.5 Å². The van der Waals surface area contributed by atoms with Crippen molar-refractivity contribution < 1.29 is 9.47 Å². The molecular formula is C20H25BrN2O2. The lowest BCUT2D eigenvalue weighted by molar-refractivity contribution is 0.231. The van der Waals surface area contributed by atoms with Crippen molar-refractivity contribution in [1.29, 1.82) is 0 Å². The van der Waals surface area contributed by atoms with E-state index in [4.69, 9.17) is 9.47 Å². The third kappa shape index (κ3) is 4.17. The molecule has 0 bridgehead atoms. The van der Waals surface area contributed by atoms with Crippen LogP contribution < -0.4 is 14.8 Å². The zero-order chi connectivity index (χ0) is 17.6. The minimum Gasteiger partial charge on any atom is -0.496 e. The Balaban J connectivity index is 2.14.